The van der Waals surface area contributed by atoms with Crippen LogP contribution in [0.2, 0.25) is 0 Å². The number of rotatable bonds is 11. The molecule has 0 bridgehead atoms. The van der Waals surface area contributed by atoms with Gasteiger partial charge in [0.2, 0.25) is 5.91 Å². The van der Waals surface area contributed by atoms with E-state index in [4.69, 9.17) is 13.7 Å². The number of amides is 1. The molecule has 172 valence electrons. The zero-order valence-electron chi connectivity index (χ0n) is 17.3. The van der Waals surface area contributed by atoms with Crippen LogP contribution in [-0.2, 0) is 28.6 Å². The molecule has 1 aromatic rings. The van der Waals surface area contributed by atoms with E-state index in [9.17, 15) is 23.4 Å². The molecule has 0 saturated carbocycles. The van der Waals surface area contributed by atoms with E-state index in [0.29, 0.717) is 6.42 Å². The molecule has 1 unspecified atom stereocenters. The first-order valence-electron chi connectivity index (χ1n) is 9.80. The lowest BCUT2D eigenvalue weighted by Gasteiger charge is -2.42. The number of carbonyl (C=O) groups is 1. The Morgan fingerprint density at radius 1 is 1.19 bits per heavy atom. The van der Waals surface area contributed by atoms with E-state index in [1.54, 1.807) is 18.2 Å². The number of benzene rings is 1. The highest BCUT2D eigenvalue weighted by molar-refractivity contribution is 7.86. The van der Waals surface area contributed by atoms with Gasteiger partial charge in [-0.2, -0.15) is 8.42 Å². The van der Waals surface area contributed by atoms with Crippen molar-refractivity contribution in [2.24, 2.45) is 0 Å². The second kappa shape index (κ2) is 11.5. The van der Waals surface area contributed by atoms with Gasteiger partial charge in [-0.25, -0.2) is 0 Å². The first-order chi connectivity index (χ1) is 14.7. The Kier molecular flexibility index (Phi) is 9.35. The summed E-state index contributed by atoms with van der Waals surface area (Å²) in [4.78, 5) is 12.0. The average molecular weight is 456 g/mol. The van der Waals surface area contributed by atoms with Gasteiger partial charge in [0, 0.05) is 6.42 Å². The molecule has 0 spiro atoms. The van der Waals surface area contributed by atoms with Crippen molar-refractivity contribution >= 4 is 16.0 Å². The van der Waals surface area contributed by atoms with Crippen LogP contribution < -0.4 is 5.32 Å². The third-order valence-electron chi connectivity index (χ3n) is 4.68. The maximum absolute atomic E-state index is 12.4. The molecule has 9 nitrogen and oxygen atoms in total. The van der Waals surface area contributed by atoms with E-state index in [0.717, 1.165) is 5.56 Å². The minimum absolute atomic E-state index is 0.0434. The molecule has 0 radical (unpaired) electrons. The number of hydrogen-bond donors (Lipinski definition) is 3. The lowest BCUT2D eigenvalue weighted by atomic mass is 9.97. The zero-order chi connectivity index (χ0) is 23.0. The Labute approximate surface area is 182 Å². The molecule has 31 heavy (non-hydrogen) atoms. The molecular weight excluding hydrogens is 426 g/mol. The molecule has 5 atom stereocenters. The van der Waals surface area contributed by atoms with Gasteiger partial charge in [-0.1, -0.05) is 29.8 Å². The lowest BCUT2D eigenvalue weighted by molar-refractivity contribution is -0.265. The van der Waals surface area contributed by atoms with E-state index in [1.807, 2.05) is 6.92 Å². The number of carbonyl (C=O) groups excluding carboxylic acids is 1. The predicted octanol–water partition coefficient (Wildman–Crippen LogP) is 0.801. The van der Waals surface area contributed by atoms with Gasteiger partial charge in [0.05, 0.1) is 18.1 Å². The molecule has 3 N–H and O–H groups in total. The van der Waals surface area contributed by atoms with E-state index in [1.165, 1.54) is 18.2 Å². The molecule has 1 heterocycles. The molecule has 1 saturated heterocycles. The summed E-state index contributed by atoms with van der Waals surface area (Å²) < 4.78 is 41.0. The summed E-state index contributed by atoms with van der Waals surface area (Å²) in [5.41, 5.74) is 0.886. The van der Waals surface area contributed by atoms with Crippen molar-refractivity contribution < 1.29 is 37.1 Å². The smallest absolute Gasteiger partial charge is 0.297 e. The fourth-order valence-electron chi connectivity index (χ4n) is 2.95. The number of aliphatic hydroxyl groups is 2. The summed E-state index contributed by atoms with van der Waals surface area (Å²) in [7, 11) is -4.10. The van der Waals surface area contributed by atoms with Crippen molar-refractivity contribution in [3.8, 4) is 0 Å². The first kappa shape index (κ1) is 25.2. The standard InChI is InChI=1S/C21H29NO8S/c1-4-6-7-17(23)22-18-20(25)19(24)16(30-21(18)28-12-5-2)13-29-31(26,27)15-10-8-14(3)9-11-15/h4-5,8-11,16,18-21,24-25H,1-2,6-7,12-13H2,3H3,(H,22,23)/t16-,18-,19-,20-,21?/m1/s1. The maximum atomic E-state index is 12.4. The van der Waals surface area contributed by atoms with Gasteiger partial charge in [0.15, 0.2) is 6.29 Å². The molecule has 0 aliphatic carbocycles. The second-order valence-electron chi connectivity index (χ2n) is 7.12. The van der Waals surface area contributed by atoms with Crippen LogP contribution in [0.1, 0.15) is 18.4 Å². The van der Waals surface area contributed by atoms with Crippen molar-refractivity contribution in [2.45, 2.75) is 55.3 Å². The second-order valence-corrected chi connectivity index (χ2v) is 8.73. The van der Waals surface area contributed by atoms with Crippen LogP contribution in [0, 0.1) is 6.92 Å². The van der Waals surface area contributed by atoms with Crippen molar-refractivity contribution in [3.05, 3.63) is 55.1 Å². The quantitative estimate of drug-likeness (QED) is 0.330. The third-order valence-corrected chi connectivity index (χ3v) is 5.98. The van der Waals surface area contributed by atoms with E-state index < -0.39 is 47.4 Å². The van der Waals surface area contributed by atoms with E-state index >= 15 is 0 Å². The minimum atomic E-state index is -4.10. The topological polar surface area (TPSA) is 131 Å². The Morgan fingerprint density at radius 3 is 2.48 bits per heavy atom. The van der Waals surface area contributed by atoms with Gasteiger partial charge < -0.3 is 25.0 Å². The molecule has 0 aromatic heterocycles. The van der Waals surface area contributed by atoms with Crippen molar-refractivity contribution in [3.63, 3.8) is 0 Å². The summed E-state index contributed by atoms with van der Waals surface area (Å²) in [6.45, 7) is 8.39. The molecule has 1 aliphatic heterocycles. The summed E-state index contributed by atoms with van der Waals surface area (Å²) in [6.07, 6.45) is -1.78. The Morgan fingerprint density at radius 2 is 1.87 bits per heavy atom. The van der Waals surface area contributed by atoms with Crippen LogP contribution in [0.4, 0.5) is 0 Å². The summed E-state index contributed by atoms with van der Waals surface area (Å²) in [6, 6.07) is 5.00. The fourth-order valence-corrected chi connectivity index (χ4v) is 3.87. The van der Waals surface area contributed by atoms with Crippen LogP contribution in [0.25, 0.3) is 0 Å². The van der Waals surface area contributed by atoms with Gasteiger partial charge in [-0.3, -0.25) is 8.98 Å². The summed E-state index contributed by atoms with van der Waals surface area (Å²) >= 11 is 0. The predicted molar refractivity (Wildman–Crippen MR) is 113 cm³/mol. The Balaban J connectivity index is 2.09. The number of aliphatic hydroxyl groups excluding tert-OH is 2. The SMILES string of the molecule is C=CCCC(=O)N[C@H]1C(OCC=C)O[C@H](COS(=O)(=O)c2ccc(C)cc2)[C@@H](O)[C@@H]1O. The Hall–Kier alpha value is -2.08. The number of allylic oxidation sites excluding steroid dienone is 1. The van der Waals surface area contributed by atoms with Crippen LogP contribution in [0.15, 0.2) is 54.5 Å². The number of nitrogens with one attached hydrogen (secondary N) is 1. The van der Waals surface area contributed by atoms with Crippen LogP contribution in [0.3, 0.4) is 0 Å². The van der Waals surface area contributed by atoms with Crippen LogP contribution in [-0.4, -0.2) is 68.4 Å². The average Bonchev–Trinajstić information content (AvgIpc) is 2.74. The van der Waals surface area contributed by atoms with E-state index in [-0.39, 0.29) is 23.8 Å². The number of aryl methyl sites for hydroxylation is 1. The highest BCUT2D eigenvalue weighted by Crippen LogP contribution is 2.24. The Bertz CT molecular complexity index is 855. The fraction of sp³-hybridized carbons (Fsp3) is 0.476. The zero-order valence-corrected chi connectivity index (χ0v) is 18.2. The van der Waals surface area contributed by atoms with E-state index in [2.05, 4.69) is 18.5 Å². The highest BCUT2D eigenvalue weighted by atomic mass is 32.2. The molecule has 1 aromatic carbocycles. The number of ether oxygens (including phenoxy) is 2. The molecule has 1 amide bonds. The summed E-state index contributed by atoms with van der Waals surface area (Å²) in [5.74, 6) is -0.386. The monoisotopic (exact) mass is 455 g/mol. The normalized spacial score (nSPS) is 26.2. The van der Waals surface area contributed by atoms with Crippen molar-refractivity contribution in [1.29, 1.82) is 0 Å². The maximum Gasteiger partial charge on any atom is 0.297 e. The third kappa shape index (κ3) is 6.96. The summed E-state index contributed by atoms with van der Waals surface area (Å²) in [5, 5.41) is 23.6. The lowest BCUT2D eigenvalue weighted by Crippen LogP contribution is -2.64. The molecule has 10 heteroatoms. The largest absolute Gasteiger partial charge is 0.388 e. The van der Waals surface area contributed by atoms with Gasteiger partial charge >= 0.3 is 0 Å². The van der Waals surface area contributed by atoms with Crippen molar-refractivity contribution in [1.82, 2.24) is 5.32 Å². The minimum Gasteiger partial charge on any atom is -0.388 e. The van der Waals surface area contributed by atoms with Crippen LogP contribution >= 0.6 is 0 Å². The van der Waals surface area contributed by atoms with Gasteiger partial charge in [0.1, 0.15) is 24.4 Å². The molecule has 2 rings (SSSR count). The molecule has 1 fully saturated rings. The van der Waals surface area contributed by atoms with Crippen molar-refractivity contribution in [2.75, 3.05) is 13.2 Å². The van der Waals surface area contributed by atoms with Crippen LogP contribution in [0.5, 0.6) is 0 Å². The molecular formula is C21H29NO8S. The van der Waals surface area contributed by atoms with Gasteiger partial charge in [0.25, 0.3) is 10.1 Å². The highest BCUT2D eigenvalue weighted by Gasteiger charge is 2.46. The van der Waals surface area contributed by atoms with Gasteiger partial charge in [-0.15, -0.1) is 13.2 Å². The van der Waals surface area contributed by atoms with Gasteiger partial charge in [-0.05, 0) is 25.5 Å². The first-order valence-corrected chi connectivity index (χ1v) is 11.2. The molecule has 1 aliphatic rings. The number of hydrogen-bond acceptors (Lipinski definition) is 8.